The molecule has 4 heteroatoms. The summed E-state index contributed by atoms with van der Waals surface area (Å²) >= 11 is 0. The summed E-state index contributed by atoms with van der Waals surface area (Å²) in [6.45, 7) is 0. The molecule has 0 aromatic carbocycles. The molecule has 1 N–H and O–H groups in total. The van der Waals surface area contributed by atoms with Crippen molar-refractivity contribution in [1.82, 2.24) is 0 Å². The monoisotopic (exact) mass is 162 g/mol. The Bertz CT molecular complexity index is 8.00. The summed E-state index contributed by atoms with van der Waals surface area (Å²) in [5.74, 6) is 0. The van der Waals surface area contributed by atoms with Crippen LogP contribution in [0, 0.1) is 0 Å². The minimum Gasteiger partial charge on any atom is -0.870 e. The Hall–Kier alpha value is 2.14. The van der Waals surface area contributed by atoms with Crippen molar-refractivity contribution < 1.29 is 31.7 Å². The fourth-order valence-electron chi connectivity index (χ4n) is 0. The molecule has 0 fully saturated rings. The van der Waals surface area contributed by atoms with E-state index in [1.54, 1.807) is 0 Å². The summed E-state index contributed by atoms with van der Waals surface area (Å²) in [5, 5.41) is 0. The van der Waals surface area contributed by atoms with E-state index >= 15 is 0 Å². The average Bonchev–Trinajstić information content (AvgIpc) is 0. The van der Waals surface area contributed by atoms with Crippen molar-refractivity contribution in [1.29, 1.82) is 0 Å². The zero-order valence-electron chi connectivity index (χ0n) is 1.95. The maximum absolute atomic E-state index is 0. The Morgan fingerprint density at radius 3 is 1.00 bits per heavy atom. The van der Waals surface area contributed by atoms with Gasteiger partial charge in [0.2, 0.25) is 0 Å². The van der Waals surface area contributed by atoms with Gasteiger partial charge in [0.05, 0.1) is 0 Å². The van der Waals surface area contributed by atoms with Gasteiger partial charge in [0.1, 0.15) is 0 Å². The van der Waals surface area contributed by atoms with Crippen LogP contribution in [0.1, 0.15) is 0 Å². The van der Waals surface area contributed by atoms with Gasteiger partial charge in [-0.05, 0) is 0 Å². The van der Waals surface area contributed by atoms with Gasteiger partial charge in [0.25, 0.3) is 0 Å². The van der Waals surface area contributed by atoms with Crippen molar-refractivity contribution in [2.45, 2.75) is 0 Å². The summed E-state index contributed by atoms with van der Waals surface area (Å²) in [4.78, 5) is 0. The van der Waals surface area contributed by atoms with Gasteiger partial charge >= 0.3 is 23.1 Å². The second kappa shape index (κ2) is 19.2. The SMILES string of the molecule is [AlH3].[MgH+].[OH-].[Zr]. The third-order valence-corrected chi connectivity index (χ3v) is 0. The van der Waals surface area contributed by atoms with Crippen LogP contribution in [-0.4, -0.2) is 45.9 Å². The predicted octanol–water partition coefficient (Wildman–Crippen LogP) is -2.01. The van der Waals surface area contributed by atoms with Gasteiger partial charge in [-0.1, -0.05) is 0 Å². The molecule has 0 aromatic rings. The summed E-state index contributed by atoms with van der Waals surface area (Å²) < 4.78 is 0. The molecule has 20 valence electrons. The molecule has 0 atom stereocenters. The normalized spacial score (nSPS) is 0. The first-order chi connectivity index (χ1) is 0. The Morgan fingerprint density at radius 2 is 1.00 bits per heavy atom. The molecule has 0 aromatic heterocycles. The third kappa shape index (κ3) is 8.91. The van der Waals surface area contributed by atoms with E-state index < -0.39 is 0 Å². The van der Waals surface area contributed by atoms with Crippen LogP contribution in [0.25, 0.3) is 0 Å². The molecule has 1 nitrogen and oxygen atoms in total. The molecular formula is H5AlMgOZr. The number of hydrogen-bond donors (Lipinski definition) is 0. The number of hydrogen-bond acceptors (Lipinski definition) is 1. The largest absolute Gasteiger partial charge is 0.870 e. The molecule has 0 aliphatic rings. The molecule has 0 spiro atoms. The van der Waals surface area contributed by atoms with Crippen LogP contribution in [0.3, 0.4) is 0 Å². The van der Waals surface area contributed by atoms with Crippen molar-refractivity contribution in [3.05, 3.63) is 0 Å². The van der Waals surface area contributed by atoms with Crippen molar-refractivity contribution in [3.8, 4) is 0 Å². The molecule has 4 heavy (non-hydrogen) atoms. The summed E-state index contributed by atoms with van der Waals surface area (Å²) in [6, 6.07) is 0. The second-order valence-corrected chi connectivity index (χ2v) is 0. The van der Waals surface area contributed by atoms with Gasteiger partial charge in [-0.2, -0.15) is 0 Å². The first kappa shape index (κ1) is 35.4. The molecule has 0 rings (SSSR count). The van der Waals surface area contributed by atoms with Crippen LogP contribution in [0.5, 0.6) is 0 Å². The van der Waals surface area contributed by atoms with Crippen molar-refractivity contribution >= 4 is 40.4 Å². The van der Waals surface area contributed by atoms with E-state index in [4.69, 9.17) is 0 Å². The topological polar surface area (TPSA) is 30.0 Å². The Labute approximate surface area is 71.2 Å². The first-order valence-corrected chi connectivity index (χ1v) is 0. The van der Waals surface area contributed by atoms with Gasteiger partial charge < -0.3 is 5.48 Å². The Kier molecular flexibility index (Phi) is 170. The molecule has 0 radical (unpaired) electrons. The zero-order valence-corrected chi connectivity index (χ0v) is 6.41. The van der Waals surface area contributed by atoms with Gasteiger partial charge in [0, 0.05) is 26.2 Å². The Balaban J connectivity index is 0. The Morgan fingerprint density at radius 1 is 1.00 bits per heavy atom. The standard InChI is InChI=1S/Al.Mg.H2O.Zr.4H/h;;1H2;;;;;/q;+1;;;;;;/p-1. The van der Waals surface area contributed by atoms with E-state index in [0.29, 0.717) is 0 Å². The maximum Gasteiger partial charge on any atom is 0 e. The van der Waals surface area contributed by atoms with E-state index in [1.165, 1.54) is 0 Å². The van der Waals surface area contributed by atoms with E-state index in [-0.39, 0.29) is 72.1 Å². The zero-order chi connectivity index (χ0) is 0. The minimum atomic E-state index is 0. The molecule has 0 heterocycles. The molecule has 0 saturated carbocycles. The minimum absolute atomic E-state index is 0. The molecular weight excluding hydrogens is 159 g/mol. The van der Waals surface area contributed by atoms with Gasteiger partial charge in [-0.15, -0.1) is 0 Å². The fraction of sp³-hybridized carbons (Fsp3) is 0. The quantitative estimate of drug-likeness (QED) is 0.380. The van der Waals surface area contributed by atoms with Crippen molar-refractivity contribution in [2.75, 3.05) is 0 Å². The van der Waals surface area contributed by atoms with E-state index in [1.807, 2.05) is 0 Å². The van der Waals surface area contributed by atoms with Gasteiger partial charge in [0.15, 0.2) is 17.4 Å². The van der Waals surface area contributed by atoms with E-state index in [9.17, 15) is 0 Å². The summed E-state index contributed by atoms with van der Waals surface area (Å²) in [7, 11) is 0. The molecule has 0 bridgehead atoms. The second-order valence-electron chi connectivity index (χ2n) is 0. The van der Waals surface area contributed by atoms with Gasteiger partial charge in [-0.25, -0.2) is 0 Å². The predicted molar refractivity (Wildman–Crippen MR) is 19.0 cm³/mol. The van der Waals surface area contributed by atoms with Crippen molar-refractivity contribution in [2.24, 2.45) is 0 Å². The van der Waals surface area contributed by atoms with Crippen molar-refractivity contribution in [3.63, 3.8) is 0 Å². The van der Waals surface area contributed by atoms with Crippen LogP contribution < -0.4 is 0 Å². The van der Waals surface area contributed by atoms with Crippen LogP contribution in [0.15, 0.2) is 0 Å². The molecule has 0 saturated heterocycles. The van der Waals surface area contributed by atoms with Crippen LogP contribution in [0.2, 0.25) is 0 Å². The molecule has 0 aliphatic heterocycles. The van der Waals surface area contributed by atoms with E-state index in [0.717, 1.165) is 0 Å². The van der Waals surface area contributed by atoms with Crippen LogP contribution in [0.4, 0.5) is 0 Å². The average molecular weight is 164 g/mol. The summed E-state index contributed by atoms with van der Waals surface area (Å²) in [5.41, 5.74) is 0. The third-order valence-electron chi connectivity index (χ3n) is 0. The van der Waals surface area contributed by atoms with Crippen LogP contribution in [-0.2, 0) is 26.2 Å². The first-order valence-electron chi connectivity index (χ1n) is 0. The van der Waals surface area contributed by atoms with Crippen LogP contribution >= 0.6 is 0 Å². The maximum atomic E-state index is 0. The molecule has 0 unspecified atom stereocenters. The smallest absolute Gasteiger partial charge is 0 e. The van der Waals surface area contributed by atoms with E-state index in [2.05, 4.69) is 0 Å². The summed E-state index contributed by atoms with van der Waals surface area (Å²) in [6.07, 6.45) is 0. The number of rotatable bonds is 0. The molecule has 0 amide bonds. The molecule has 0 aliphatic carbocycles. The van der Waals surface area contributed by atoms with Gasteiger partial charge in [-0.3, -0.25) is 0 Å². The fourth-order valence-corrected chi connectivity index (χ4v) is 0.